The number of amides is 1. The first-order valence-electron chi connectivity index (χ1n) is 8.49. The van der Waals surface area contributed by atoms with Crippen LogP contribution in [0.1, 0.15) is 18.1 Å². The summed E-state index contributed by atoms with van der Waals surface area (Å²) in [5.74, 6) is -0.610. The summed E-state index contributed by atoms with van der Waals surface area (Å²) in [5, 5.41) is 2.77. The van der Waals surface area contributed by atoms with Gasteiger partial charge in [0.15, 0.2) is 0 Å². The van der Waals surface area contributed by atoms with Gasteiger partial charge in [0.05, 0.1) is 0 Å². The number of nitrogens with zero attached hydrogens (tertiary/aromatic N) is 4. The van der Waals surface area contributed by atoms with E-state index in [2.05, 4.69) is 32.3 Å². The minimum Gasteiger partial charge on any atom is -0.354 e. The van der Waals surface area contributed by atoms with Gasteiger partial charge in [0.1, 0.15) is 5.82 Å². The number of piperazine rings is 1. The fraction of sp³-hybridized carbons (Fsp3) is 0.389. The highest BCUT2D eigenvalue weighted by molar-refractivity contribution is 5.72. The predicted molar refractivity (Wildman–Crippen MR) is 93.4 cm³/mol. The maximum Gasteiger partial charge on any atom is 0.313 e. The molecule has 1 aliphatic heterocycles. The Kier molecular flexibility index (Phi) is 5.72. The number of nitrogens with one attached hydrogen (secondary N) is 1. The van der Waals surface area contributed by atoms with Crippen LogP contribution in [-0.4, -0.2) is 47.0 Å². The quantitative estimate of drug-likeness (QED) is 0.649. The third kappa shape index (κ3) is 4.95. The van der Waals surface area contributed by atoms with Gasteiger partial charge in [0.2, 0.25) is 11.9 Å². The summed E-state index contributed by atoms with van der Waals surface area (Å²) < 4.78 is 26.4. The second kappa shape index (κ2) is 8.18. The average molecular weight is 361 g/mol. The first kappa shape index (κ1) is 18.2. The Morgan fingerprint density at radius 2 is 1.73 bits per heavy atom. The van der Waals surface area contributed by atoms with Gasteiger partial charge in [0.25, 0.3) is 0 Å². The van der Waals surface area contributed by atoms with Crippen LogP contribution >= 0.6 is 0 Å². The summed E-state index contributed by atoms with van der Waals surface area (Å²) in [4.78, 5) is 21.8. The molecule has 0 radical (unpaired) electrons. The summed E-state index contributed by atoms with van der Waals surface area (Å²) in [7, 11) is 0. The second-order valence-corrected chi connectivity index (χ2v) is 6.31. The largest absolute Gasteiger partial charge is 0.354 e. The predicted octanol–water partition coefficient (Wildman–Crippen LogP) is 1.71. The number of anilines is 1. The van der Waals surface area contributed by atoms with Crippen molar-refractivity contribution in [2.45, 2.75) is 20.0 Å². The molecule has 0 bridgehead atoms. The number of rotatable bonds is 5. The van der Waals surface area contributed by atoms with E-state index in [4.69, 9.17) is 0 Å². The number of hydrogen-bond acceptors (Lipinski definition) is 5. The first-order chi connectivity index (χ1) is 12.5. The van der Waals surface area contributed by atoms with E-state index in [0.29, 0.717) is 19.6 Å². The van der Waals surface area contributed by atoms with E-state index in [1.807, 2.05) is 17.0 Å². The number of carbonyl (C=O) groups excluding carboxylic acids is 1. The lowest BCUT2D eigenvalue weighted by Gasteiger charge is -2.35. The van der Waals surface area contributed by atoms with Crippen molar-refractivity contribution < 1.29 is 13.6 Å². The molecule has 1 fully saturated rings. The van der Waals surface area contributed by atoms with Crippen molar-refractivity contribution in [3.8, 4) is 0 Å². The molecule has 2 aromatic rings. The standard InChI is InChI=1S/C18H21F2N5O/c1-13(26)21-11-14-2-4-15(5-3-14)12-24-6-8-25(9-7-24)17-10-16(19)22-18(20)23-17/h2-5,10H,6-9,11-12H2,1H3,(H,21,26). The Morgan fingerprint density at radius 1 is 1.08 bits per heavy atom. The van der Waals surface area contributed by atoms with Crippen molar-refractivity contribution in [2.75, 3.05) is 31.1 Å². The van der Waals surface area contributed by atoms with Crippen molar-refractivity contribution in [3.05, 3.63) is 53.5 Å². The van der Waals surface area contributed by atoms with E-state index in [9.17, 15) is 13.6 Å². The van der Waals surface area contributed by atoms with Crippen LogP contribution in [-0.2, 0) is 17.9 Å². The SMILES string of the molecule is CC(=O)NCc1ccc(CN2CCN(c3cc(F)nc(F)n3)CC2)cc1. The fourth-order valence-electron chi connectivity index (χ4n) is 2.92. The van der Waals surface area contributed by atoms with E-state index in [1.165, 1.54) is 12.5 Å². The van der Waals surface area contributed by atoms with E-state index < -0.39 is 12.0 Å². The van der Waals surface area contributed by atoms with Crippen molar-refractivity contribution in [1.29, 1.82) is 0 Å². The first-order valence-corrected chi connectivity index (χ1v) is 8.49. The van der Waals surface area contributed by atoms with Gasteiger partial charge in [-0.3, -0.25) is 9.69 Å². The Morgan fingerprint density at radius 3 is 2.35 bits per heavy atom. The van der Waals surface area contributed by atoms with Crippen molar-refractivity contribution in [2.24, 2.45) is 0 Å². The van der Waals surface area contributed by atoms with Gasteiger partial charge in [-0.1, -0.05) is 24.3 Å². The summed E-state index contributed by atoms with van der Waals surface area (Å²) in [6.07, 6.45) is -1.04. The van der Waals surface area contributed by atoms with Gasteiger partial charge in [-0.2, -0.15) is 18.7 Å². The van der Waals surface area contributed by atoms with E-state index >= 15 is 0 Å². The summed E-state index contributed by atoms with van der Waals surface area (Å²) in [5.41, 5.74) is 2.24. The van der Waals surface area contributed by atoms with Crippen LogP contribution in [0.5, 0.6) is 0 Å². The third-order valence-electron chi connectivity index (χ3n) is 4.32. The van der Waals surface area contributed by atoms with Gasteiger partial charge in [0, 0.05) is 52.3 Å². The van der Waals surface area contributed by atoms with Crippen molar-refractivity contribution in [3.63, 3.8) is 0 Å². The lowest BCUT2D eigenvalue weighted by Crippen LogP contribution is -2.46. The molecule has 0 spiro atoms. The number of benzene rings is 1. The Labute approximate surface area is 150 Å². The van der Waals surface area contributed by atoms with Gasteiger partial charge in [-0.15, -0.1) is 0 Å². The molecule has 0 saturated carbocycles. The Balaban J connectivity index is 1.51. The van der Waals surface area contributed by atoms with E-state index in [1.54, 1.807) is 0 Å². The van der Waals surface area contributed by atoms with Crippen LogP contribution in [0, 0.1) is 12.0 Å². The molecule has 1 amide bonds. The molecular formula is C18H21F2N5O. The van der Waals surface area contributed by atoms with Gasteiger partial charge >= 0.3 is 6.08 Å². The van der Waals surface area contributed by atoms with Gasteiger partial charge in [-0.25, -0.2) is 0 Å². The molecule has 1 aliphatic rings. The van der Waals surface area contributed by atoms with Crippen LogP contribution in [0.2, 0.25) is 0 Å². The van der Waals surface area contributed by atoms with Crippen molar-refractivity contribution >= 4 is 11.7 Å². The normalized spacial score (nSPS) is 15.1. The van der Waals surface area contributed by atoms with Crippen LogP contribution in [0.15, 0.2) is 30.3 Å². The van der Waals surface area contributed by atoms with Crippen LogP contribution in [0.4, 0.5) is 14.6 Å². The molecule has 1 aromatic heterocycles. The number of aromatic nitrogens is 2. The highest BCUT2D eigenvalue weighted by Gasteiger charge is 2.19. The zero-order valence-electron chi connectivity index (χ0n) is 14.6. The molecule has 2 heterocycles. The molecule has 8 heteroatoms. The molecular weight excluding hydrogens is 340 g/mol. The van der Waals surface area contributed by atoms with E-state index in [0.717, 1.165) is 31.3 Å². The lowest BCUT2D eigenvalue weighted by atomic mass is 10.1. The highest BCUT2D eigenvalue weighted by atomic mass is 19.1. The molecule has 0 aliphatic carbocycles. The van der Waals surface area contributed by atoms with Crippen LogP contribution < -0.4 is 10.2 Å². The van der Waals surface area contributed by atoms with Crippen LogP contribution in [0.25, 0.3) is 0 Å². The molecule has 26 heavy (non-hydrogen) atoms. The topological polar surface area (TPSA) is 61.4 Å². The molecule has 3 rings (SSSR count). The number of hydrogen-bond donors (Lipinski definition) is 1. The average Bonchev–Trinajstić information content (AvgIpc) is 2.61. The van der Waals surface area contributed by atoms with E-state index in [-0.39, 0.29) is 11.7 Å². The minimum absolute atomic E-state index is 0.0459. The number of carbonyl (C=O) groups is 1. The summed E-state index contributed by atoms with van der Waals surface area (Å²) in [6.45, 7) is 5.69. The van der Waals surface area contributed by atoms with Gasteiger partial charge < -0.3 is 10.2 Å². The minimum atomic E-state index is -1.04. The lowest BCUT2D eigenvalue weighted by molar-refractivity contribution is -0.119. The molecule has 6 nitrogen and oxygen atoms in total. The Bertz CT molecular complexity index is 740. The zero-order valence-corrected chi connectivity index (χ0v) is 14.6. The molecule has 1 aromatic carbocycles. The second-order valence-electron chi connectivity index (χ2n) is 6.31. The fourth-order valence-corrected chi connectivity index (χ4v) is 2.92. The molecule has 1 saturated heterocycles. The molecule has 1 N–H and O–H groups in total. The molecule has 0 unspecified atom stereocenters. The summed E-state index contributed by atoms with van der Waals surface area (Å²) >= 11 is 0. The van der Waals surface area contributed by atoms with Gasteiger partial charge in [-0.05, 0) is 11.1 Å². The highest BCUT2D eigenvalue weighted by Crippen LogP contribution is 2.16. The smallest absolute Gasteiger partial charge is 0.313 e. The molecule has 138 valence electrons. The van der Waals surface area contributed by atoms with Crippen molar-refractivity contribution in [1.82, 2.24) is 20.2 Å². The Hall–Kier alpha value is -2.61. The maximum absolute atomic E-state index is 13.2. The maximum atomic E-state index is 13.2. The summed E-state index contributed by atoms with van der Waals surface area (Å²) in [6, 6.07) is 9.28. The monoisotopic (exact) mass is 361 g/mol. The number of halogens is 2. The molecule has 0 atom stereocenters. The van der Waals surface area contributed by atoms with Crippen LogP contribution in [0.3, 0.4) is 0 Å². The third-order valence-corrected chi connectivity index (χ3v) is 4.32. The zero-order chi connectivity index (χ0) is 18.5.